The zero-order valence-electron chi connectivity index (χ0n) is 23.4. The third kappa shape index (κ3) is 7.10. The van der Waals surface area contributed by atoms with Crippen molar-refractivity contribution in [2.24, 2.45) is 7.05 Å². The summed E-state index contributed by atoms with van der Waals surface area (Å²) in [5.74, 6) is 0.0666. The zero-order valence-corrected chi connectivity index (χ0v) is 24.3. The molecule has 1 unspecified atom stereocenters. The molecule has 14 heteroatoms. The van der Waals surface area contributed by atoms with Crippen LogP contribution < -0.4 is 10.1 Å². The minimum absolute atomic E-state index is 0.0712. The number of aryl methyl sites for hydroxylation is 1. The monoisotopic (exact) mass is 605 g/mol. The summed E-state index contributed by atoms with van der Waals surface area (Å²) in [7, 11) is 1.80. The van der Waals surface area contributed by atoms with Crippen molar-refractivity contribution in [3.05, 3.63) is 42.0 Å². The van der Waals surface area contributed by atoms with Gasteiger partial charge in [-0.1, -0.05) is 11.3 Å². The van der Waals surface area contributed by atoms with Crippen molar-refractivity contribution < 1.29 is 37.0 Å². The first-order chi connectivity index (χ1) is 19.7. The Bertz CT molecular complexity index is 1630. The first kappa shape index (κ1) is 29.6. The lowest BCUT2D eigenvalue weighted by molar-refractivity contribution is -0.274. The van der Waals surface area contributed by atoms with Gasteiger partial charge in [-0.2, -0.15) is 0 Å². The van der Waals surface area contributed by atoms with Crippen LogP contribution in [0.4, 0.5) is 29.0 Å². The Morgan fingerprint density at radius 3 is 2.64 bits per heavy atom. The number of fused-ring (bicyclic) bond motifs is 2. The number of ketones is 1. The topological polar surface area (TPSA) is 108 Å². The van der Waals surface area contributed by atoms with Crippen LogP contribution in [-0.2, 0) is 16.5 Å². The maximum atomic E-state index is 13.0. The summed E-state index contributed by atoms with van der Waals surface area (Å²) in [6.45, 7) is 6.63. The van der Waals surface area contributed by atoms with Crippen LogP contribution in [0.1, 0.15) is 44.0 Å². The quantitative estimate of drug-likeness (QED) is 0.241. The van der Waals surface area contributed by atoms with Gasteiger partial charge >= 0.3 is 12.5 Å². The molecule has 1 N–H and O–H groups in total. The van der Waals surface area contributed by atoms with E-state index in [2.05, 4.69) is 20.0 Å². The fourth-order valence-electron chi connectivity index (χ4n) is 4.56. The first-order valence-corrected chi connectivity index (χ1v) is 14.1. The molecule has 1 saturated heterocycles. The molecule has 0 aliphatic carbocycles. The molecule has 10 nitrogen and oxygen atoms in total. The lowest BCUT2D eigenvalue weighted by Gasteiger charge is -2.34. The van der Waals surface area contributed by atoms with Crippen molar-refractivity contribution in [1.82, 2.24) is 19.4 Å². The highest BCUT2D eigenvalue weighted by atomic mass is 32.1. The summed E-state index contributed by atoms with van der Waals surface area (Å²) in [6.07, 6.45) is -4.74. The number of aromatic nitrogens is 3. The number of amides is 1. The average Bonchev–Trinajstić information content (AvgIpc) is 3.44. The van der Waals surface area contributed by atoms with E-state index in [1.165, 1.54) is 18.2 Å². The van der Waals surface area contributed by atoms with E-state index in [0.29, 0.717) is 58.5 Å². The van der Waals surface area contributed by atoms with Crippen molar-refractivity contribution in [3.8, 4) is 5.75 Å². The largest absolute Gasteiger partial charge is 0.573 e. The van der Waals surface area contributed by atoms with Crippen molar-refractivity contribution in [1.29, 1.82) is 0 Å². The van der Waals surface area contributed by atoms with Gasteiger partial charge < -0.3 is 29.0 Å². The highest BCUT2D eigenvalue weighted by Gasteiger charge is 2.31. The number of hydrogen-bond acceptors (Lipinski definition) is 9. The molecule has 224 valence electrons. The Morgan fingerprint density at radius 2 is 1.90 bits per heavy atom. The maximum Gasteiger partial charge on any atom is 0.573 e. The number of imidazole rings is 1. The molecule has 1 aliphatic rings. The Labute approximate surface area is 243 Å². The van der Waals surface area contributed by atoms with E-state index in [0.717, 1.165) is 16.9 Å². The van der Waals surface area contributed by atoms with E-state index in [9.17, 15) is 22.8 Å². The second-order valence-corrected chi connectivity index (χ2v) is 11.9. The number of nitrogens with zero attached hydrogens (tertiary/aromatic N) is 4. The number of morpholine rings is 1. The standard InChI is InChI=1S/C28H30F3N5O5S/c1-27(2,3)41-26(38)36-11-12-39-18(15-36)7-10-22(37)16-5-9-21-20(13-16)32-24(35(21)4)34-25-33-19-8-6-17(14-23(19)42-25)40-28(29,30)31/h5-6,8-9,13-14,18H,7,10-12,15H2,1-4H3,(H,32,33,34). The number of nitrogens with one attached hydrogen (secondary N) is 1. The van der Waals surface area contributed by atoms with Gasteiger partial charge in [-0.05, 0) is 57.5 Å². The molecule has 42 heavy (non-hydrogen) atoms. The molecule has 0 spiro atoms. The van der Waals surface area contributed by atoms with Gasteiger partial charge in [-0.15, -0.1) is 13.2 Å². The van der Waals surface area contributed by atoms with Gasteiger partial charge in [0, 0.05) is 31.6 Å². The van der Waals surface area contributed by atoms with Gasteiger partial charge in [0.15, 0.2) is 10.9 Å². The number of anilines is 2. The van der Waals surface area contributed by atoms with E-state index in [4.69, 9.17) is 9.47 Å². The molecular weight excluding hydrogens is 575 g/mol. The summed E-state index contributed by atoms with van der Waals surface area (Å²) in [4.78, 5) is 36.1. The fourth-order valence-corrected chi connectivity index (χ4v) is 5.45. The molecule has 2 aromatic heterocycles. The molecule has 2 aromatic carbocycles. The number of carbonyl (C=O) groups excluding carboxylic acids is 2. The number of thiazole rings is 1. The van der Waals surface area contributed by atoms with Gasteiger partial charge in [0.05, 0.1) is 40.5 Å². The third-order valence-corrected chi connectivity index (χ3v) is 7.43. The lowest BCUT2D eigenvalue weighted by atomic mass is 10.0. The number of Topliss-reactive ketones (excluding diaryl/α,β-unsaturated/α-hetero) is 1. The van der Waals surface area contributed by atoms with Crippen LogP contribution in [0.5, 0.6) is 5.75 Å². The van der Waals surface area contributed by atoms with E-state index in [-0.39, 0.29) is 24.1 Å². The Morgan fingerprint density at radius 1 is 1.12 bits per heavy atom. The number of carbonyl (C=O) groups is 2. The summed E-state index contributed by atoms with van der Waals surface area (Å²) < 4.78 is 55.3. The molecule has 1 fully saturated rings. The Hall–Kier alpha value is -3.91. The first-order valence-electron chi connectivity index (χ1n) is 13.3. The number of ether oxygens (including phenoxy) is 3. The number of halogens is 3. The summed E-state index contributed by atoms with van der Waals surface area (Å²) in [5.41, 5.74) is 1.80. The summed E-state index contributed by atoms with van der Waals surface area (Å²) in [6, 6.07) is 9.22. The fraction of sp³-hybridized carbons (Fsp3) is 0.429. The SMILES string of the molecule is Cn1c(Nc2nc3ccc(OC(F)(F)F)cc3s2)nc2cc(C(=O)CCC3CN(C(=O)OC(C)(C)C)CCO3)ccc21. The van der Waals surface area contributed by atoms with Gasteiger partial charge in [0.25, 0.3) is 0 Å². The summed E-state index contributed by atoms with van der Waals surface area (Å²) in [5, 5.41) is 3.56. The molecular formula is C28H30F3N5O5S. The molecule has 0 bridgehead atoms. The van der Waals surface area contributed by atoms with E-state index in [1.807, 2.05) is 20.8 Å². The van der Waals surface area contributed by atoms with Crippen LogP contribution in [0.25, 0.3) is 21.3 Å². The Balaban J connectivity index is 1.23. The van der Waals surface area contributed by atoms with Gasteiger partial charge in [0.2, 0.25) is 5.95 Å². The molecule has 1 aliphatic heterocycles. The molecule has 1 atom stereocenters. The molecule has 4 aromatic rings. The van der Waals surface area contributed by atoms with Gasteiger partial charge in [-0.25, -0.2) is 14.8 Å². The number of benzene rings is 2. The van der Waals surface area contributed by atoms with Crippen molar-refractivity contribution in [3.63, 3.8) is 0 Å². The molecule has 0 radical (unpaired) electrons. The molecule has 3 heterocycles. The molecule has 1 amide bonds. The van der Waals surface area contributed by atoms with E-state index < -0.39 is 18.1 Å². The zero-order chi connectivity index (χ0) is 30.2. The van der Waals surface area contributed by atoms with Crippen molar-refractivity contribution in [2.45, 2.75) is 51.7 Å². The number of hydrogen-bond donors (Lipinski definition) is 1. The van der Waals surface area contributed by atoms with Gasteiger partial charge in [-0.3, -0.25) is 4.79 Å². The van der Waals surface area contributed by atoms with Crippen LogP contribution in [0.3, 0.4) is 0 Å². The van der Waals surface area contributed by atoms with Crippen molar-refractivity contribution >= 4 is 55.5 Å². The predicted octanol–water partition coefficient (Wildman–Crippen LogP) is 6.42. The third-order valence-electron chi connectivity index (χ3n) is 6.50. The number of rotatable bonds is 7. The maximum absolute atomic E-state index is 13.0. The smallest absolute Gasteiger partial charge is 0.444 e. The second kappa shape index (κ2) is 11.4. The highest BCUT2D eigenvalue weighted by molar-refractivity contribution is 7.22. The predicted molar refractivity (Wildman–Crippen MR) is 151 cm³/mol. The average molecular weight is 606 g/mol. The second-order valence-electron chi connectivity index (χ2n) is 10.9. The minimum Gasteiger partial charge on any atom is -0.444 e. The Kier molecular flexibility index (Phi) is 8.03. The highest BCUT2D eigenvalue weighted by Crippen LogP contribution is 2.33. The normalized spacial score (nSPS) is 16.2. The van der Waals surface area contributed by atoms with Crippen LogP contribution in [0.2, 0.25) is 0 Å². The van der Waals surface area contributed by atoms with Gasteiger partial charge in [0.1, 0.15) is 11.4 Å². The summed E-state index contributed by atoms with van der Waals surface area (Å²) >= 11 is 1.16. The van der Waals surface area contributed by atoms with E-state index in [1.54, 1.807) is 34.7 Å². The van der Waals surface area contributed by atoms with Crippen molar-refractivity contribution in [2.75, 3.05) is 25.0 Å². The van der Waals surface area contributed by atoms with Crippen LogP contribution in [0, 0.1) is 0 Å². The minimum atomic E-state index is -4.78. The van der Waals surface area contributed by atoms with E-state index >= 15 is 0 Å². The molecule has 0 saturated carbocycles. The van der Waals surface area contributed by atoms with Crippen LogP contribution in [0.15, 0.2) is 36.4 Å². The lowest BCUT2D eigenvalue weighted by Crippen LogP contribution is -2.47. The molecule has 5 rings (SSSR count). The van der Waals surface area contributed by atoms with Crippen LogP contribution >= 0.6 is 11.3 Å². The van der Waals surface area contributed by atoms with Crippen LogP contribution in [-0.4, -0.2) is 69.1 Å². The number of alkyl halides is 3.